The fraction of sp³-hybridized carbons (Fsp3) is 0.458. The van der Waals surface area contributed by atoms with Crippen LogP contribution < -0.4 is 25.8 Å². The summed E-state index contributed by atoms with van der Waals surface area (Å²) in [7, 11) is 2.09. The molecule has 3 aliphatic rings. The van der Waals surface area contributed by atoms with Gasteiger partial charge in [0.05, 0.1) is 15.6 Å². The lowest BCUT2D eigenvalue weighted by Gasteiger charge is -2.49. The maximum atomic E-state index is 11.0. The first-order valence-electron chi connectivity index (χ1n) is 11.0. The van der Waals surface area contributed by atoms with Gasteiger partial charge in [0.1, 0.15) is 5.76 Å². The molecule has 3 heterocycles. The number of hydrogen-bond donors (Lipinski definition) is 3. The standard InChI is InChI=1S/C24H30N6OS.ClH/c1-23(2)11-13(12-24(3,4)29-23)30(5)19-9-8-17(27-28-19)15-7-6-14-16(21(15)31)10-18-20(14)26-22(25)32-18;/h7-10,13,29,31H,6,11-12H2,1-5H3,(H2,25,26);1H. The van der Waals surface area contributed by atoms with Gasteiger partial charge in [-0.3, -0.25) is 0 Å². The Bertz CT molecular complexity index is 1260. The number of hydrogen-bond acceptors (Lipinski definition) is 8. The number of aromatic nitrogens is 3. The zero-order valence-corrected chi connectivity index (χ0v) is 21.3. The molecule has 0 spiro atoms. The maximum absolute atomic E-state index is 11.0. The number of thiazole rings is 1. The number of allylic oxidation sites excluding steroid dienone is 3. The molecule has 7 nitrogen and oxygen atoms in total. The molecule has 2 aromatic heterocycles. The summed E-state index contributed by atoms with van der Waals surface area (Å²) in [6.45, 7) is 9.01. The van der Waals surface area contributed by atoms with E-state index in [9.17, 15) is 5.11 Å². The number of halogens is 1. The molecular formula is C24H31ClN6OS. The summed E-state index contributed by atoms with van der Waals surface area (Å²) in [6, 6.07) is 4.32. The van der Waals surface area contributed by atoms with E-state index in [4.69, 9.17) is 5.73 Å². The van der Waals surface area contributed by atoms with Crippen molar-refractivity contribution in [3.05, 3.63) is 45.1 Å². The number of piperidine rings is 1. The predicted molar refractivity (Wildman–Crippen MR) is 138 cm³/mol. The molecule has 1 fully saturated rings. The molecule has 0 radical (unpaired) electrons. The van der Waals surface area contributed by atoms with Crippen LogP contribution >= 0.6 is 23.7 Å². The minimum Gasteiger partial charge on any atom is -0.507 e. The highest BCUT2D eigenvalue weighted by Crippen LogP contribution is 2.36. The molecule has 0 atom stereocenters. The monoisotopic (exact) mass is 486 g/mol. The van der Waals surface area contributed by atoms with Gasteiger partial charge in [-0.05, 0) is 70.7 Å². The van der Waals surface area contributed by atoms with Gasteiger partial charge in [0.15, 0.2) is 10.9 Å². The summed E-state index contributed by atoms with van der Waals surface area (Å²) in [5.41, 5.74) is 9.20. The molecule has 2 aromatic rings. The van der Waals surface area contributed by atoms with Crippen molar-refractivity contribution >= 4 is 51.9 Å². The van der Waals surface area contributed by atoms with Crippen molar-refractivity contribution in [3.8, 4) is 0 Å². The summed E-state index contributed by atoms with van der Waals surface area (Å²) in [5, 5.41) is 25.1. The van der Waals surface area contributed by atoms with Crippen LogP contribution in [-0.2, 0) is 0 Å². The van der Waals surface area contributed by atoms with Gasteiger partial charge in [-0.25, -0.2) is 4.98 Å². The molecule has 0 bridgehead atoms. The Morgan fingerprint density at radius 1 is 1.15 bits per heavy atom. The summed E-state index contributed by atoms with van der Waals surface area (Å²) in [4.78, 5) is 6.65. The van der Waals surface area contributed by atoms with E-state index in [1.807, 2.05) is 24.3 Å². The lowest BCUT2D eigenvalue weighted by Crippen LogP contribution is -2.62. The number of anilines is 2. The Kier molecular flexibility index (Phi) is 5.83. The molecule has 0 aromatic carbocycles. The van der Waals surface area contributed by atoms with E-state index in [0.29, 0.717) is 28.9 Å². The summed E-state index contributed by atoms with van der Waals surface area (Å²) in [6.07, 6.45) is 6.72. The van der Waals surface area contributed by atoms with E-state index in [0.717, 1.165) is 39.7 Å². The number of nitrogen functional groups attached to an aromatic ring is 1. The zero-order chi connectivity index (χ0) is 22.8. The van der Waals surface area contributed by atoms with Crippen LogP contribution in [0.2, 0.25) is 0 Å². The number of fused-ring (bicyclic) bond motifs is 2. The Hall–Kier alpha value is -2.42. The molecule has 0 unspecified atom stereocenters. The largest absolute Gasteiger partial charge is 0.507 e. The van der Waals surface area contributed by atoms with Crippen molar-refractivity contribution < 1.29 is 5.11 Å². The smallest absolute Gasteiger partial charge is 0.181 e. The zero-order valence-electron chi connectivity index (χ0n) is 19.6. The van der Waals surface area contributed by atoms with Gasteiger partial charge >= 0.3 is 0 Å². The van der Waals surface area contributed by atoms with Crippen LogP contribution in [0.15, 0.2) is 29.5 Å². The van der Waals surface area contributed by atoms with E-state index in [1.165, 1.54) is 11.3 Å². The molecule has 1 saturated heterocycles. The molecule has 1 aliphatic heterocycles. The van der Waals surface area contributed by atoms with Crippen molar-refractivity contribution in [1.82, 2.24) is 20.5 Å². The molecule has 0 saturated carbocycles. The fourth-order valence-corrected chi connectivity index (χ4v) is 6.29. The number of aliphatic hydroxyl groups excluding tert-OH is 1. The third kappa shape index (κ3) is 4.27. The van der Waals surface area contributed by atoms with Gasteiger partial charge in [0, 0.05) is 35.3 Å². The summed E-state index contributed by atoms with van der Waals surface area (Å²) in [5.74, 6) is 1.07. The van der Waals surface area contributed by atoms with Gasteiger partial charge in [0.2, 0.25) is 0 Å². The molecule has 4 N–H and O–H groups in total. The highest BCUT2D eigenvalue weighted by molar-refractivity contribution is 7.13. The number of rotatable bonds is 3. The Morgan fingerprint density at radius 2 is 1.85 bits per heavy atom. The maximum Gasteiger partial charge on any atom is 0.181 e. The molecule has 9 heteroatoms. The van der Waals surface area contributed by atoms with Crippen LogP contribution in [0.1, 0.15) is 52.7 Å². The van der Waals surface area contributed by atoms with Crippen molar-refractivity contribution in [3.63, 3.8) is 0 Å². The van der Waals surface area contributed by atoms with Gasteiger partial charge in [-0.2, -0.15) is 0 Å². The van der Waals surface area contributed by atoms with Crippen LogP contribution in [0.3, 0.4) is 0 Å². The second-order valence-corrected chi connectivity index (χ2v) is 11.4. The van der Waals surface area contributed by atoms with Gasteiger partial charge in [-0.15, -0.1) is 22.6 Å². The molecule has 176 valence electrons. The Balaban J connectivity index is 0.00000259. The SMILES string of the molecule is CN(c1ccc(C2=CCC3=c4nc(N)sc4=CC3=C2O)nn1)C1CC(C)(C)NC(C)(C)C1.Cl. The fourth-order valence-electron chi connectivity index (χ4n) is 5.48. The van der Waals surface area contributed by atoms with Crippen LogP contribution in [0.5, 0.6) is 0 Å². The van der Waals surface area contributed by atoms with Gasteiger partial charge in [-0.1, -0.05) is 17.4 Å². The number of nitrogens with one attached hydrogen (secondary N) is 1. The molecule has 2 aliphatic carbocycles. The third-order valence-electron chi connectivity index (χ3n) is 6.58. The summed E-state index contributed by atoms with van der Waals surface area (Å²) < 4.78 is 1.00. The van der Waals surface area contributed by atoms with E-state index >= 15 is 0 Å². The van der Waals surface area contributed by atoms with Gasteiger partial charge < -0.3 is 21.1 Å². The summed E-state index contributed by atoms with van der Waals surface area (Å²) >= 11 is 1.44. The lowest BCUT2D eigenvalue weighted by molar-refractivity contribution is 0.160. The molecular weight excluding hydrogens is 456 g/mol. The molecule has 0 amide bonds. The average Bonchev–Trinajstić information content (AvgIpc) is 3.22. The lowest BCUT2D eigenvalue weighted by atomic mass is 9.79. The minimum absolute atomic E-state index is 0. The van der Waals surface area contributed by atoms with E-state index in [1.54, 1.807) is 0 Å². The highest BCUT2D eigenvalue weighted by atomic mass is 35.5. The van der Waals surface area contributed by atoms with Crippen LogP contribution in [0, 0.1) is 0 Å². The van der Waals surface area contributed by atoms with Crippen molar-refractivity contribution in [1.29, 1.82) is 0 Å². The minimum atomic E-state index is 0. The van der Waals surface area contributed by atoms with Crippen LogP contribution in [0.25, 0.3) is 17.2 Å². The van der Waals surface area contributed by atoms with E-state index in [2.05, 4.69) is 60.1 Å². The first kappa shape index (κ1) is 23.7. The predicted octanol–water partition coefficient (Wildman–Crippen LogP) is 2.93. The topological polar surface area (TPSA) is 100 Å². The van der Waals surface area contributed by atoms with Crippen molar-refractivity contribution in [2.45, 2.75) is 64.1 Å². The molecule has 5 rings (SSSR count). The molecule has 33 heavy (non-hydrogen) atoms. The second-order valence-electron chi connectivity index (χ2n) is 10.3. The van der Waals surface area contributed by atoms with Crippen LogP contribution in [-0.4, -0.2) is 44.5 Å². The number of nitrogens with two attached hydrogens (primary N) is 1. The Morgan fingerprint density at radius 3 is 2.48 bits per heavy atom. The first-order valence-corrected chi connectivity index (χ1v) is 11.8. The highest BCUT2D eigenvalue weighted by Gasteiger charge is 2.39. The number of aliphatic hydroxyl groups is 1. The van der Waals surface area contributed by atoms with E-state index < -0.39 is 0 Å². The van der Waals surface area contributed by atoms with Crippen molar-refractivity contribution in [2.24, 2.45) is 0 Å². The Labute approximate surface area is 204 Å². The normalized spacial score (nSPS) is 21.0. The first-order chi connectivity index (χ1) is 15.0. The van der Waals surface area contributed by atoms with Crippen LogP contribution in [0.4, 0.5) is 10.9 Å². The average molecular weight is 487 g/mol. The second kappa shape index (κ2) is 8.11. The number of nitrogens with zero attached hydrogens (tertiary/aromatic N) is 4. The quantitative estimate of drug-likeness (QED) is 0.613. The third-order valence-corrected chi connectivity index (χ3v) is 7.41. The van der Waals surface area contributed by atoms with E-state index in [-0.39, 0.29) is 29.2 Å². The van der Waals surface area contributed by atoms with Gasteiger partial charge in [0.25, 0.3) is 0 Å². The van der Waals surface area contributed by atoms with Crippen molar-refractivity contribution in [2.75, 3.05) is 17.7 Å².